The minimum Gasteiger partial charge on any atom is -0.391 e. The molecule has 0 saturated heterocycles. The SMILES string of the molecule is CCC[C@@H](O)[C@@H](N)c1ccc(C)c2ccccc12.Cl. The van der Waals surface area contributed by atoms with Crippen molar-refractivity contribution in [3.8, 4) is 0 Å². The second kappa shape index (κ2) is 6.90. The van der Waals surface area contributed by atoms with Crippen molar-refractivity contribution in [3.63, 3.8) is 0 Å². The molecule has 3 heteroatoms. The molecule has 0 aromatic heterocycles. The lowest BCUT2D eigenvalue weighted by Crippen LogP contribution is -2.26. The molecule has 0 bridgehead atoms. The third-order valence-electron chi connectivity index (χ3n) is 3.53. The first kappa shape index (κ1) is 16.0. The first-order valence-electron chi connectivity index (χ1n) is 6.57. The van der Waals surface area contributed by atoms with Gasteiger partial charge in [-0.3, -0.25) is 0 Å². The van der Waals surface area contributed by atoms with Gasteiger partial charge in [-0.1, -0.05) is 49.7 Å². The summed E-state index contributed by atoms with van der Waals surface area (Å²) in [6.45, 7) is 4.16. The molecule has 2 nitrogen and oxygen atoms in total. The Hall–Kier alpha value is -1.09. The summed E-state index contributed by atoms with van der Waals surface area (Å²) >= 11 is 0. The lowest BCUT2D eigenvalue weighted by atomic mass is 9.92. The maximum atomic E-state index is 10.1. The highest BCUT2D eigenvalue weighted by atomic mass is 35.5. The van der Waals surface area contributed by atoms with E-state index in [1.165, 1.54) is 10.9 Å². The number of hydrogen-bond donors (Lipinski definition) is 2. The van der Waals surface area contributed by atoms with Crippen LogP contribution in [0.25, 0.3) is 10.8 Å². The van der Waals surface area contributed by atoms with Crippen LogP contribution in [-0.4, -0.2) is 11.2 Å². The topological polar surface area (TPSA) is 46.2 Å². The van der Waals surface area contributed by atoms with E-state index in [1.54, 1.807) is 0 Å². The van der Waals surface area contributed by atoms with E-state index in [1.807, 2.05) is 18.2 Å². The van der Waals surface area contributed by atoms with Gasteiger partial charge in [-0.05, 0) is 35.2 Å². The molecule has 0 spiro atoms. The first-order valence-corrected chi connectivity index (χ1v) is 6.57. The number of fused-ring (bicyclic) bond motifs is 1. The molecule has 3 N–H and O–H groups in total. The van der Waals surface area contributed by atoms with Crippen molar-refractivity contribution < 1.29 is 5.11 Å². The summed E-state index contributed by atoms with van der Waals surface area (Å²) in [4.78, 5) is 0. The normalized spacial score (nSPS) is 13.9. The third kappa shape index (κ3) is 3.27. The number of rotatable bonds is 4. The summed E-state index contributed by atoms with van der Waals surface area (Å²) < 4.78 is 0. The van der Waals surface area contributed by atoms with Crippen molar-refractivity contribution in [2.45, 2.75) is 38.8 Å². The fourth-order valence-corrected chi connectivity index (χ4v) is 2.45. The highest BCUT2D eigenvalue weighted by Gasteiger charge is 2.18. The first-order chi connectivity index (χ1) is 8.65. The van der Waals surface area contributed by atoms with E-state index in [2.05, 4.69) is 32.0 Å². The van der Waals surface area contributed by atoms with Crippen molar-refractivity contribution in [2.75, 3.05) is 0 Å². The van der Waals surface area contributed by atoms with Crippen molar-refractivity contribution >= 4 is 23.2 Å². The van der Waals surface area contributed by atoms with Crippen LogP contribution < -0.4 is 5.73 Å². The molecule has 2 aromatic rings. The van der Waals surface area contributed by atoms with Crippen LogP contribution in [0, 0.1) is 6.92 Å². The van der Waals surface area contributed by atoms with Gasteiger partial charge < -0.3 is 10.8 Å². The van der Waals surface area contributed by atoms with Gasteiger partial charge in [-0.25, -0.2) is 0 Å². The highest BCUT2D eigenvalue weighted by Crippen LogP contribution is 2.28. The lowest BCUT2D eigenvalue weighted by molar-refractivity contribution is 0.135. The van der Waals surface area contributed by atoms with E-state index < -0.39 is 6.10 Å². The van der Waals surface area contributed by atoms with Crippen LogP contribution >= 0.6 is 12.4 Å². The van der Waals surface area contributed by atoms with E-state index in [9.17, 15) is 5.11 Å². The maximum absolute atomic E-state index is 10.1. The van der Waals surface area contributed by atoms with E-state index in [-0.39, 0.29) is 18.4 Å². The number of halogens is 1. The van der Waals surface area contributed by atoms with Crippen molar-refractivity contribution in [1.82, 2.24) is 0 Å². The van der Waals surface area contributed by atoms with E-state index >= 15 is 0 Å². The second-order valence-corrected chi connectivity index (χ2v) is 4.90. The fraction of sp³-hybridized carbons (Fsp3) is 0.375. The third-order valence-corrected chi connectivity index (χ3v) is 3.53. The van der Waals surface area contributed by atoms with Gasteiger partial charge in [0.05, 0.1) is 12.1 Å². The Morgan fingerprint density at radius 1 is 1.11 bits per heavy atom. The van der Waals surface area contributed by atoms with Gasteiger partial charge in [0.2, 0.25) is 0 Å². The Labute approximate surface area is 121 Å². The Balaban J connectivity index is 0.00000180. The Morgan fingerprint density at radius 2 is 1.74 bits per heavy atom. The molecule has 19 heavy (non-hydrogen) atoms. The number of aliphatic hydroxyl groups excluding tert-OH is 1. The van der Waals surface area contributed by atoms with Crippen LogP contribution in [0.15, 0.2) is 36.4 Å². The van der Waals surface area contributed by atoms with Crippen LogP contribution in [0.4, 0.5) is 0 Å². The largest absolute Gasteiger partial charge is 0.391 e. The Kier molecular flexibility index (Phi) is 5.80. The second-order valence-electron chi connectivity index (χ2n) is 4.90. The Bertz CT molecular complexity index is 541. The number of aryl methyl sites for hydroxylation is 1. The zero-order valence-corrected chi connectivity index (χ0v) is 12.3. The zero-order chi connectivity index (χ0) is 13.1. The van der Waals surface area contributed by atoms with Gasteiger partial charge in [-0.15, -0.1) is 12.4 Å². The van der Waals surface area contributed by atoms with Gasteiger partial charge in [-0.2, -0.15) is 0 Å². The number of aliphatic hydroxyl groups is 1. The van der Waals surface area contributed by atoms with Crippen LogP contribution in [0.5, 0.6) is 0 Å². The Morgan fingerprint density at radius 3 is 2.37 bits per heavy atom. The van der Waals surface area contributed by atoms with Gasteiger partial charge in [0, 0.05) is 0 Å². The summed E-state index contributed by atoms with van der Waals surface area (Å²) in [6.07, 6.45) is 1.21. The molecular formula is C16H22ClNO. The van der Waals surface area contributed by atoms with Crippen LogP contribution in [0.1, 0.15) is 36.9 Å². The summed E-state index contributed by atoms with van der Waals surface area (Å²) in [6, 6.07) is 12.0. The van der Waals surface area contributed by atoms with E-state index in [4.69, 9.17) is 5.73 Å². The van der Waals surface area contributed by atoms with E-state index in [0.717, 1.165) is 23.8 Å². The van der Waals surface area contributed by atoms with Gasteiger partial charge in [0.25, 0.3) is 0 Å². The standard InChI is InChI=1S/C16H21NO.ClH/c1-3-6-15(18)16(17)14-10-9-11(2)12-7-4-5-8-13(12)14;/h4-5,7-10,15-16,18H,3,6,17H2,1-2H3;1H/t15-,16+;/m1./s1. The molecule has 0 radical (unpaired) electrons. The molecule has 0 aliphatic rings. The molecule has 2 aromatic carbocycles. The van der Waals surface area contributed by atoms with Crippen LogP contribution in [0.3, 0.4) is 0 Å². The molecule has 0 fully saturated rings. The molecule has 0 amide bonds. The fourth-order valence-electron chi connectivity index (χ4n) is 2.45. The van der Waals surface area contributed by atoms with Crippen molar-refractivity contribution in [1.29, 1.82) is 0 Å². The smallest absolute Gasteiger partial charge is 0.0732 e. The van der Waals surface area contributed by atoms with Crippen LogP contribution in [-0.2, 0) is 0 Å². The minimum absolute atomic E-state index is 0. The van der Waals surface area contributed by atoms with Crippen molar-refractivity contribution in [2.24, 2.45) is 5.73 Å². The van der Waals surface area contributed by atoms with E-state index in [0.29, 0.717) is 0 Å². The lowest BCUT2D eigenvalue weighted by Gasteiger charge is -2.21. The molecule has 0 aliphatic heterocycles. The summed E-state index contributed by atoms with van der Waals surface area (Å²) in [5.41, 5.74) is 8.47. The van der Waals surface area contributed by atoms with Gasteiger partial charge >= 0.3 is 0 Å². The molecule has 2 rings (SSSR count). The molecule has 0 saturated carbocycles. The average Bonchev–Trinajstić information content (AvgIpc) is 2.39. The summed E-state index contributed by atoms with van der Waals surface area (Å²) in [7, 11) is 0. The molecular weight excluding hydrogens is 258 g/mol. The molecule has 0 heterocycles. The quantitative estimate of drug-likeness (QED) is 0.896. The molecule has 2 atom stereocenters. The van der Waals surface area contributed by atoms with Gasteiger partial charge in [0.1, 0.15) is 0 Å². The number of hydrogen-bond acceptors (Lipinski definition) is 2. The summed E-state index contributed by atoms with van der Waals surface area (Å²) in [5, 5.41) is 12.4. The zero-order valence-electron chi connectivity index (χ0n) is 11.5. The number of nitrogens with two attached hydrogens (primary N) is 1. The predicted octanol–water partition coefficient (Wildman–Crippen LogP) is 3.73. The highest BCUT2D eigenvalue weighted by molar-refractivity contribution is 5.89. The minimum atomic E-state index is -0.471. The molecule has 104 valence electrons. The monoisotopic (exact) mass is 279 g/mol. The summed E-state index contributed by atoms with van der Waals surface area (Å²) in [5.74, 6) is 0. The predicted molar refractivity (Wildman–Crippen MR) is 83.8 cm³/mol. The molecule has 0 aliphatic carbocycles. The average molecular weight is 280 g/mol. The van der Waals surface area contributed by atoms with Crippen molar-refractivity contribution in [3.05, 3.63) is 47.5 Å². The maximum Gasteiger partial charge on any atom is 0.0732 e. The number of benzene rings is 2. The van der Waals surface area contributed by atoms with Gasteiger partial charge in [0.15, 0.2) is 0 Å². The molecule has 0 unspecified atom stereocenters. The van der Waals surface area contributed by atoms with Crippen LogP contribution in [0.2, 0.25) is 0 Å².